The topological polar surface area (TPSA) is 72.7 Å². The maximum atomic E-state index is 12.8. The molecule has 0 spiro atoms. The summed E-state index contributed by atoms with van der Waals surface area (Å²) in [6.07, 6.45) is 6.48. The maximum Gasteiger partial charge on any atom is 0.256 e. The second kappa shape index (κ2) is 6.40. The van der Waals surface area contributed by atoms with Crippen molar-refractivity contribution in [2.45, 2.75) is 6.85 Å². The summed E-state index contributed by atoms with van der Waals surface area (Å²) in [4.78, 5) is 25.4. The van der Waals surface area contributed by atoms with Crippen LogP contribution in [0.1, 0.15) is 25.5 Å². The van der Waals surface area contributed by atoms with Gasteiger partial charge in [0, 0.05) is 33.9 Å². The van der Waals surface area contributed by atoms with Crippen molar-refractivity contribution >= 4 is 22.6 Å². The number of imidazole rings is 1. The second-order valence-corrected chi connectivity index (χ2v) is 5.58. The van der Waals surface area contributed by atoms with E-state index in [2.05, 4.69) is 20.3 Å². The Kier molecular flexibility index (Phi) is 2.42. The molecule has 0 radical (unpaired) electrons. The van der Waals surface area contributed by atoms with E-state index in [1.807, 2.05) is 17.7 Å². The number of hydrogen-bond donors (Lipinski definition) is 1. The summed E-state index contributed by atoms with van der Waals surface area (Å²) < 4.78 is 56.3. The van der Waals surface area contributed by atoms with Crippen LogP contribution >= 0.6 is 0 Å². The predicted octanol–water partition coefficient (Wildman–Crippen LogP) is 3.59. The van der Waals surface area contributed by atoms with Crippen molar-refractivity contribution in [3.05, 3.63) is 72.3 Å². The average molecular weight is 350 g/mol. The molecule has 0 aliphatic heterocycles. The van der Waals surface area contributed by atoms with Crippen molar-refractivity contribution < 1.29 is 14.4 Å². The minimum atomic E-state index is -2.85. The number of fused-ring (bicyclic) bond motifs is 1. The first-order chi connectivity index (χ1) is 15.5. The number of amides is 1. The first kappa shape index (κ1) is 9.82. The maximum absolute atomic E-state index is 12.8. The molecule has 0 aliphatic rings. The third-order valence-corrected chi connectivity index (χ3v) is 3.77. The Hall–Kier alpha value is -3.54. The standard InChI is InChI=1S/C20H17N5O/c1-13-3-5-14(6-4-13)20(26)24-19-8-15-7-16(9-22-17(15)10-23-19)18-11-21-12-25(18)2/h3-12H,1-2H3,(H,23,24,26)/i1D3,3D,4D,5D,6D. The number of benzene rings is 1. The lowest BCUT2D eigenvalue weighted by molar-refractivity contribution is 0.102. The third-order valence-electron chi connectivity index (χ3n) is 3.77. The summed E-state index contributed by atoms with van der Waals surface area (Å²) in [5.74, 6) is -0.833. The van der Waals surface area contributed by atoms with Crippen LogP contribution in [0.2, 0.25) is 0 Å². The predicted molar refractivity (Wildman–Crippen MR) is 101 cm³/mol. The molecule has 1 N–H and O–H groups in total. The highest BCUT2D eigenvalue weighted by Crippen LogP contribution is 2.23. The van der Waals surface area contributed by atoms with Gasteiger partial charge in [-0.15, -0.1) is 0 Å². The van der Waals surface area contributed by atoms with E-state index in [0.717, 1.165) is 11.3 Å². The van der Waals surface area contributed by atoms with Crippen molar-refractivity contribution in [3.8, 4) is 11.3 Å². The largest absolute Gasteiger partial charge is 0.334 e. The summed E-state index contributed by atoms with van der Waals surface area (Å²) in [7, 11) is 1.85. The zero-order valence-corrected chi connectivity index (χ0v) is 13.7. The highest BCUT2D eigenvalue weighted by atomic mass is 16.1. The van der Waals surface area contributed by atoms with E-state index in [0.29, 0.717) is 10.9 Å². The van der Waals surface area contributed by atoms with Crippen LogP contribution < -0.4 is 5.32 Å². The van der Waals surface area contributed by atoms with Gasteiger partial charge in [0.05, 0.1) is 35.4 Å². The number of aryl methyl sites for hydroxylation is 1. The zero-order chi connectivity index (χ0) is 24.1. The molecule has 0 saturated carbocycles. The Morgan fingerprint density at radius 2 is 2.00 bits per heavy atom. The highest BCUT2D eigenvalue weighted by Gasteiger charge is 2.09. The number of aromatic nitrogens is 4. The summed E-state index contributed by atoms with van der Waals surface area (Å²) >= 11 is 0. The van der Waals surface area contributed by atoms with Gasteiger partial charge in [0.25, 0.3) is 5.91 Å². The number of pyridine rings is 2. The van der Waals surface area contributed by atoms with Gasteiger partial charge in [-0.05, 0) is 31.1 Å². The van der Waals surface area contributed by atoms with Crippen molar-refractivity contribution in [3.63, 3.8) is 0 Å². The van der Waals surface area contributed by atoms with Gasteiger partial charge >= 0.3 is 0 Å². The normalized spacial score (nSPS) is 15.2. The van der Waals surface area contributed by atoms with E-state index in [9.17, 15) is 4.79 Å². The van der Waals surface area contributed by atoms with Crippen LogP contribution in [0.5, 0.6) is 0 Å². The minimum absolute atomic E-state index is 0.105. The highest BCUT2D eigenvalue weighted by molar-refractivity contribution is 6.04. The van der Waals surface area contributed by atoms with Gasteiger partial charge in [-0.25, -0.2) is 9.97 Å². The number of nitrogens with zero attached hydrogens (tertiary/aromatic N) is 4. The van der Waals surface area contributed by atoms with Crippen LogP contribution in [0.15, 0.2) is 61.2 Å². The van der Waals surface area contributed by atoms with E-state index >= 15 is 0 Å². The number of carbonyl (C=O) groups is 1. The number of nitrogens with one attached hydrogen (secondary N) is 1. The molecule has 26 heavy (non-hydrogen) atoms. The van der Waals surface area contributed by atoms with Gasteiger partial charge < -0.3 is 9.88 Å². The molecule has 0 bridgehead atoms. The molecule has 4 rings (SSSR count). The number of carbonyl (C=O) groups excluding carboxylic acids is 1. The van der Waals surface area contributed by atoms with Crippen LogP contribution in [-0.4, -0.2) is 25.4 Å². The molecule has 128 valence electrons. The first-order valence-electron chi connectivity index (χ1n) is 11.1. The fourth-order valence-electron chi connectivity index (χ4n) is 2.48. The van der Waals surface area contributed by atoms with Crippen LogP contribution in [-0.2, 0) is 7.05 Å². The molecule has 1 aromatic carbocycles. The van der Waals surface area contributed by atoms with Crippen LogP contribution in [0.3, 0.4) is 0 Å². The van der Waals surface area contributed by atoms with Gasteiger partial charge in [0.15, 0.2) is 0 Å². The Morgan fingerprint density at radius 1 is 1.15 bits per heavy atom. The molecular weight excluding hydrogens is 326 g/mol. The monoisotopic (exact) mass is 350 g/mol. The molecule has 6 heteroatoms. The lowest BCUT2D eigenvalue weighted by atomic mass is 10.1. The molecule has 0 unspecified atom stereocenters. The van der Waals surface area contributed by atoms with E-state index < -0.39 is 48.1 Å². The van der Waals surface area contributed by atoms with E-state index in [-0.39, 0.29) is 5.82 Å². The summed E-state index contributed by atoms with van der Waals surface area (Å²) in [6.45, 7) is -2.85. The van der Waals surface area contributed by atoms with Crippen LogP contribution in [0.4, 0.5) is 5.82 Å². The van der Waals surface area contributed by atoms with E-state index in [1.54, 1.807) is 24.8 Å². The van der Waals surface area contributed by atoms with Crippen molar-refractivity contribution in [2.75, 3.05) is 5.32 Å². The molecule has 3 heterocycles. The van der Waals surface area contributed by atoms with Crippen LogP contribution in [0, 0.1) is 6.85 Å². The van der Waals surface area contributed by atoms with Crippen LogP contribution in [0.25, 0.3) is 22.2 Å². The SMILES string of the molecule is [2H]c1c([2H])c(C([2H])([2H])[2H])c([2H])c([2H])c1C(=O)Nc1cc2cc(-c3cncn3C)cnc2cn1. The number of anilines is 1. The lowest BCUT2D eigenvalue weighted by Crippen LogP contribution is -2.12. The minimum Gasteiger partial charge on any atom is -0.334 e. The first-order valence-corrected chi connectivity index (χ1v) is 7.63. The Morgan fingerprint density at radius 3 is 2.73 bits per heavy atom. The molecule has 3 aromatic heterocycles. The van der Waals surface area contributed by atoms with Gasteiger partial charge in [-0.1, -0.05) is 17.6 Å². The third kappa shape index (κ3) is 3.04. The van der Waals surface area contributed by atoms with E-state index in [4.69, 9.17) is 9.60 Å². The van der Waals surface area contributed by atoms with Gasteiger partial charge in [0.2, 0.25) is 0 Å². The van der Waals surface area contributed by atoms with Crippen molar-refractivity contribution in [2.24, 2.45) is 7.05 Å². The molecule has 0 saturated heterocycles. The lowest BCUT2D eigenvalue weighted by Gasteiger charge is -2.07. The smallest absolute Gasteiger partial charge is 0.256 e. The molecule has 0 atom stereocenters. The molecule has 6 nitrogen and oxygen atoms in total. The van der Waals surface area contributed by atoms with Crippen molar-refractivity contribution in [1.29, 1.82) is 0 Å². The quantitative estimate of drug-likeness (QED) is 0.613. The summed E-state index contributed by atoms with van der Waals surface area (Å²) in [6, 6.07) is 0.376. The molecule has 4 aromatic rings. The van der Waals surface area contributed by atoms with Gasteiger partial charge in [0.1, 0.15) is 5.82 Å². The van der Waals surface area contributed by atoms with Crippen molar-refractivity contribution in [1.82, 2.24) is 19.5 Å². The fraction of sp³-hybridized carbons (Fsp3) is 0.100. The second-order valence-electron chi connectivity index (χ2n) is 5.58. The molecule has 0 aliphatic carbocycles. The summed E-state index contributed by atoms with van der Waals surface area (Å²) in [5, 5.41) is 3.13. The summed E-state index contributed by atoms with van der Waals surface area (Å²) in [5.41, 5.74) is 0.911. The van der Waals surface area contributed by atoms with Gasteiger partial charge in [-0.2, -0.15) is 0 Å². The Labute approximate surface area is 160 Å². The van der Waals surface area contributed by atoms with E-state index in [1.165, 1.54) is 6.20 Å². The molecule has 0 fully saturated rings. The number of hydrogen-bond acceptors (Lipinski definition) is 4. The Bertz CT molecular complexity index is 1390. The molecule has 1 amide bonds. The average Bonchev–Trinajstić information content (AvgIpc) is 3.17. The number of rotatable bonds is 3. The Balaban J connectivity index is 1.72. The zero-order valence-electron chi connectivity index (χ0n) is 20.7. The molecular formula is C20H17N5O. The van der Waals surface area contributed by atoms with Gasteiger partial charge in [-0.3, -0.25) is 9.78 Å². The fourth-order valence-corrected chi connectivity index (χ4v) is 2.48.